The molecule has 104 valence electrons. The molecule has 4 nitrogen and oxygen atoms in total. The van der Waals surface area contributed by atoms with Crippen LogP contribution in [0.25, 0.3) is 0 Å². The third kappa shape index (κ3) is 3.61. The minimum absolute atomic E-state index is 0.00808. The summed E-state index contributed by atoms with van der Waals surface area (Å²) in [5.41, 5.74) is 6.33. The lowest BCUT2D eigenvalue weighted by Gasteiger charge is -2.05. The Bertz CT molecular complexity index is 647. The van der Waals surface area contributed by atoms with Gasteiger partial charge >= 0.3 is 0 Å². The average molecular weight is 313 g/mol. The smallest absolute Gasteiger partial charge is 0.273 e. The van der Waals surface area contributed by atoms with Crippen LogP contribution in [0, 0.1) is 15.9 Å². The number of halogens is 2. The third-order valence-electron chi connectivity index (χ3n) is 2.53. The fourth-order valence-electron chi connectivity index (χ4n) is 1.68. The van der Waals surface area contributed by atoms with Gasteiger partial charge in [0, 0.05) is 33.0 Å². The summed E-state index contributed by atoms with van der Waals surface area (Å²) in [6.07, 6.45) is 0. The standard InChI is InChI=1S/C13H10ClFN2O2S/c14-9-1-2-13(17(18)19)8(3-9)7-20-12-5-10(15)4-11(16)6-12/h1-6H,7,16H2. The first-order valence-corrected chi connectivity index (χ1v) is 6.94. The van der Waals surface area contributed by atoms with E-state index in [1.807, 2.05) is 0 Å². The summed E-state index contributed by atoms with van der Waals surface area (Å²) in [7, 11) is 0. The van der Waals surface area contributed by atoms with E-state index in [9.17, 15) is 14.5 Å². The number of hydrogen-bond donors (Lipinski definition) is 1. The van der Waals surface area contributed by atoms with Crippen molar-refractivity contribution < 1.29 is 9.31 Å². The number of nitro groups is 1. The molecule has 0 atom stereocenters. The molecule has 2 aromatic carbocycles. The molecule has 0 radical (unpaired) electrons. The van der Waals surface area contributed by atoms with Gasteiger partial charge in [0.25, 0.3) is 5.69 Å². The Morgan fingerprint density at radius 2 is 2.05 bits per heavy atom. The van der Waals surface area contributed by atoms with E-state index < -0.39 is 10.7 Å². The molecule has 0 heterocycles. The van der Waals surface area contributed by atoms with Gasteiger partial charge in [-0.3, -0.25) is 10.1 Å². The Labute approximate surface area is 123 Å². The second kappa shape index (κ2) is 6.11. The van der Waals surface area contributed by atoms with Crippen molar-refractivity contribution in [2.45, 2.75) is 10.6 Å². The van der Waals surface area contributed by atoms with Gasteiger partial charge in [0.2, 0.25) is 0 Å². The van der Waals surface area contributed by atoms with Crippen LogP contribution in [0.15, 0.2) is 41.3 Å². The second-order valence-electron chi connectivity index (χ2n) is 4.04. The molecule has 2 aromatic rings. The first-order chi connectivity index (χ1) is 9.45. The minimum atomic E-state index is -0.466. The topological polar surface area (TPSA) is 69.2 Å². The van der Waals surface area contributed by atoms with Gasteiger partial charge in [-0.25, -0.2) is 4.39 Å². The Hall–Kier alpha value is -1.79. The Morgan fingerprint density at radius 3 is 2.70 bits per heavy atom. The monoisotopic (exact) mass is 312 g/mol. The van der Waals surface area contributed by atoms with Crippen LogP contribution < -0.4 is 5.73 Å². The van der Waals surface area contributed by atoms with E-state index >= 15 is 0 Å². The highest BCUT2D eigenvalue weighted by Crippen LogP contribution is 2.31. The highest BCUT2D eigenvalue weighted by molar-refractivity contribution is 7.98. The second-order valence-corrected chi connectivity index (χ2v) is 5.52. The van der Waals surface area contributed by atoms with Crippen molar-refractivity contribution in [1.82, 2.24) is 0 Å². The Kier molecular flexibility index (Phi) is 4.46. The number of nitrogen functional groups attached to an aromatic ring is 1. The van der Waals surface area contributed by atoms with E-state index in [4.69, 9.17) is 17.3 Å². The van der Waals surface area contributed by atoms with Crippen molar-refractivity contribution >= 4 is 34.7 Å². The van der Waals surface area contributed by atoms with E-state index in [0.29, 0.717) is 26.9 Å². The van der Waals surface area contributed by atoms with Crippen LogP contribution in [-0.2, 0) is 5.75 Å². The van der Waals surface area contributed by atoms with Gasteiger partial charge in [0.15, 0.2) is 0 Å². The van der Waals surface area contributed by atoms with Crippen molar-refractivity contribution in [3.63, 3.8) is 0 Å². The lowest BCUT2D eigenvalue weighted by molar-refractivity contribution is -0.385. The molecule has 0 bridgehead atoms. The van der Waals surface area contributed by atoms with Crippen molar-refractivity contribution in [1.29, 1.82) is 0 Å². The van der Waals surface area contributed by atoms with E-state index in [1.165, 1.54) is 42.1 Å². The maximum absolute atomic E-state index is 13.2. The van der Waals surface area contributed by atoms with Gasteiger partial charge in [0.1, 0.15) is 5.82 Å². The molecular weight excluding hydrogens is 303 g/mol. The van der Waals surface area contributed by atoms with Crippen molar-refractivity contribution in [2.75, 3.05) is 5.73 Å². The van der Waals surface area contributed by atoms with Gasteiger partial charge in [0.05, 0.1) is 4.92 Å². The summed E-state index contributed by atoms with van der Waals surface area (Å²) >= 11 is 7.10. The minimum Gasteiger partial charge on any atom is -0.399 e. The highest BCUT2D eigenvalue weighted by atomic mass is 35.5. The first-order valence-electron chi connectivity index (χ1n) is 5.57. The number of nitrogens with zero attached hydrogens (tertiary/aromatic N) is 1. The number of thioether (sulfide) groups is 1. The zero-order chi connectivity index (χ0) is 14.7. The normalized spacial score (nSPS) is 10.5. The molecule has 0 aliphatic heterocycles. The fourth-order valence-corrected chi connectivity index (χ4v) is 2.84. The quantitative estimate of drug-likeness (QED) is 0.396. The molecule has 0 saturated carbocycles. The molecule has 2 N–H and O–H groups in total. The molecule has 0 spiro atoms. The van der Waals surface area contributed by atoms with Crippen LogP contribution in [0.5, 0.6) is 0 Å². The van der Waals surface area contributed by atoms with Crippen LogP contribution in [0.3, 0.4) is 0 Å². The molecule has 0 aromatic heterocycles. The molecular formula is C13H10ClFN2O2S. The van der Waals surface area contributed by atoms with Gasteiger partial charge in [-0.15, -0.1) is 11.8 Å². The van der Waals surface area contributed by atoms with Crippen LogP contribution in [-0.4, -0.2) is 4.92 Å². The molecule has 0 amide bonds. The van der Waals surface area contributed by atoms with Crippen LogP contribution in [0.4, 0.5) is 15.8 Å². The molecule has 0 aliphatic rings. The molecule has 0 unspecified atom stereocenters. The van der Waals surface area contributed by atoms with Crippen molar-refractivity contribution in [3.05, 3.63) is 62.9 Å². The zero-order valence-electron chi connectivity index (χ0n) is 10.2. The Morgan fingerprint density at radius 1 is 1.30 bits per heavy atom. The van der Waals surface area contributed by atoms with Crippen molar-refractivity contribution in [2.24, 2.45) is 0 Å². The van der Waals surface area contributed by atoms with Gasteiger partial charge < -0.3 is 5.73 Å². The third-order valence-corrected chi connectivity index (χ3v) is 3.79. The van der Waals surface area contributed by atoms with E-state index in [0.717, 1.165) is 0 Å². The summed E-state index contributed by atoms with van der Waals surface area (Å²) in [6.45, 7) is 0. The molecule has 0 fully saturated rings. The fraction of sp³-hybridized carbons (Fsp3) is 0.0769. The molecule has 2 rings (SSSR count). The van der Waals surface area contributed by atoms with E-state index in [2.05, 4.69) is 0 Å². The lowest BCUT2D eigenvalue weighted by Crippen LogP contribution is -1.94. The SMILES string of the molecule is Nc1cc(F)cc(SCc2cc(Cl)ccc2[N+](=O)[O-])c1. The van der Waals surface area contributed by atoms with E-state index in [1.54, 1.807) is 6.07 Å². The van der Waals surface area contributed by atoms with E-state index in [-0.39, 0.29) is 5.69 Å². The highest BCUT2D eigenvalue weighted by Gasteiger charge is 2.14. The number of nitro benzene ring substituents is 1. The molecule has 7 heteroatoms. The van der Waals surface area contributed by atoms with Gasteiger partial charge in [-0.2, -0.15) is 0 Å². The summed E-state index contributed by atoms with van der Waals surface area (Å²) in [5.74, 6) is -0.132. The number of benzene rings is 2. The van der Waals surface area contributed by atoms with Gasteiger partial charge in [-0.1, -0.05) is 11.6 Å². The predicted octanol–water partition coefficient (Wildman–Crippen LogP) is 4.26. The summed E-state index contributed by atoms with van der Waals surface area (Å²) in [4.78, 5) is 11.1. The maximum atomic E-state index is 13.2. The molecule has 0 saturated heterocycles. The van der Waals surface area contributed by atoms with Crippen LogP contribution in [0.2, 0.25) is 5.02 Å². The van der Waals surface area contributed by atoms with Crippen molar-refractivity contribution in [3.8, 4) is 0 Å². The lowest BCUT2D eigenvalue weighted by atomic mass is 10.2. The Balaban J connectivity index is 2.22. The van der Waals surface area contributed by atoms with Crippen LogP contribution in [0.1, 0.15) is 5.56 Å². The summed E-state index contributed by atoms with van der Waals surface area (Å²) in [5, 5.41) is 11.3. The summed E-state index contributed by atoms with van der Waals surface area (Å²) < 4.78 is 13.2. The predicted molar refractivity (Wildman–Crippen MR) is 78.5 cm³/mol. The van der Waals surface area contributed by atoms with Crippen LogP contribution >= 0.6 is 23.4 Å². The number of rotatable bonds is 4. The first kappa shape index (κ1) is 14.6. The number of hydrogen-bond acceptors (Lipinski definition) is 4. The van der Waals surface area contributed by atoms with Gasteiger partial charge in [-0.05, 0) is 30.3 Å². The molecule has 0 aliphatic carbocycles. The number of anilines is 1. The zero-order valence-corrected chi connectivity index (χ0v) is 11.7. The largest absolute Gasteiger partial charge is 0.399 e. The molecule has 20 heavy (non-hydrogen) atoms. The number of nitrogens with two attached hydrogens (primary N) is 1. The maximum Gasteiger partial charge on any atom is 0.273 e. The summed E-state index contributed by atoms with van der Waals surface area (Å²) in [6, 6.07) is 8.52. The average Bonchev–Trinajstić information content (AvgIpc) is 2.35.